The van der Waals surface area contributed by atoms with Gasteiger partial charge >= 0.3 is 0 Å². The number of hydrogen-bond donors (Lipinski definition) is 0. The van der Waals surface area contributed by atoms with E-state index >= 15 is 0 Å². The molecule has 2 heterocycles. The van der Waals surface area contributed by atoms with Crippen molar-refractivity contribution >= 4 is 21.8 Å². The number of fused-ring (bicyclic) bond motifs is 1. The molecule has 0 aliphatic carbocycles. The third kappa shape index (κ3) is 0.743. The topological polar surface area (TPSA) is 26.0 Å². The van der Waals surface area contributed by atoms with Gasteiger partial charge in [-0.3, -0.25) is 0 Å². The molecule has 0 atom stereocenters. The van der Waals surface area contributed by atoms with Gasteiger partial charge in [0.2, 0.25) is 0 Å². The molecule has 52 valence electrons. The van der Waals surface area contributed by atoms with Crippen LogP contribution in [0.15, 0.2) is 10.5 Å². The molecule has 0 saturated carbocycles. The molecule has 10 heavy (non-hydrogen) atoms. The van der Waals surface area contributed by atoms with Gasteiger partial charge in [-0.2, -0.15) is 0 Å². The summed E-state index contributed by atoms with van der Waals surface area (Å²) in [6, 6.07) is 2.01. The number of aryl methyl sites for hydroxylation is 2. The van der Waals surface area contributed by atoms with Gasteiger partial charge in [0.1, 0.15) is 0 Å². The van der Waals surface area contributed by atoms with Gasteiger partial charge in [0.25, 0.3) is 0 Å². The smallest absolute Gasteiger partial charge is 0.193 e. The first-order valence-electron chi connectivity index (χ1n) is 3.09. The SMILES string of the molecule is Cc1nc2sc(C)cc2o1. The largest absolute Gasteiger partial charge is 0.440 e. The monoisotopic (exact) mass is 153 g/mol. The molecule has 3 heteroatoms. The summed E-state index contributed by atoms with van der Waals surface area (Å²) in [5, 5.41) is 0. The van der Waals surface area contributed by atoms with Crippen molar-refractivity contribution in [2.45, 2.75) is 13.8 Å². The number of aromatic nitrogens is 1. The average Bonchev–Trinajstić information content (AvgIpc) is 2.21. The maximum atomic E-state index is 5.29. The zero-order valence-corrected chi connectivity index (χ0v) is 6.66. The first-order chi connectivity index (χ1) is 4.75. The van der Waals surface area contributed by atoms with Gasteiger partial charge in [0.15, 0.2) is 16.3 Å². The Morgan fingerprint density at radius 1 is 1.50 bits per heavy atom. The number of rotatable bonds is 0. The highest BCUT2D eigenvalue weighted by Gasteiger charge is 2.03. The fourth-order valence-electron chi connectivity index (χ4n) is 0.955. The van der Waals surface area contributed by atoms with Crippen molar-refractivity contribution in [1.82, 2.24) is 4.98 Å². The summed E-state index contributed by atoms with van der Waals surface area (Å²) in [5.41, 5.74) is 0.917. The third-order valence-electron chi connectivity index (χ3n) is 1.32. The van der Waals surface area contributed by atoms with E-state index in [1.807, 2.05) is 13.0 Å². The van der Waals surface area contributed by atoms with E-state index in [1.165, 1.54) is 4.88 Å². The Morgan fingerprint density at radius 2 is 2.30 bits per heavy atom. The summed E-state index contributed by atoms with van der Waals surface area (Å²) in [6.45, 7) is 3.92. The highest BCUT2D eigenvalue weighted by Crippen LogP contribution is 2.24. The van der Waals surface area contributed by atoms with Crippen molar-refractivity contribution in [3.05, 3.63) is 16.8 Å². The minimum Gasteiger partial charge on any atom is -0.440 e. The molecule has 2 rings (SSSR count). The van der Waals surface area contributed by atoms with E-state index < -0.39 is 0 Å². The fraction of sp³-hybridized carbons (Fsp3) is 0.286. The first-order valence-corrected chi connectivity index (χ1v) is 3.91. The fourth-order valence-corrected chi connectivity index (χ4v) is 1.80. The van der Waals surface area contributed by atoms with Crippen LogP contribution in [-0.4, -0.2) is 4.98 Å². The second kappa shape index (κ2) is 1.83. The Morgan fingerprint density at radius 3 is 3.00 bits per heavy atom. The molecular formula is C7H7NOS. The lowest BCUT2D eigenvalue weighted by molar-refractivity contribution is 0.561. The maximum Gasteiger partial charge on any atom is 0.193 e. The van der Waals surface area contributed by atoms with Crippen LogP contribution in [0.5, 0.6) is 0 Å². The van der Waals surface area contributed by atoms with E-state index in [-0.39, 0.29) is 0 Å². The molecular weight excluding hydrogens is 146 g/mol. The molecule has 0 radical (unpaired) electrons. The van der Waals surface area contributed by atoms with E-state index in [0.29, 0.717) is 0 Å². The highest BCUT2D eigenvalue weighted by molar-refractivity contribution is 7.18. The highest BCUT2D eigenvalue weighted by atomic mass is 32.1. The summed E-state index contributed by atoms with van der Waals surface area (Å²) in [7, 11) is 0. The van der Waals surface area contributed by atoms with Crippen molar-refractivity contribution in [3.63, 3.8) is 0 Å². The molecule has 2 nitrogen and oxygen atoms in total. The average molecular weight is 153 g/mol. The van der Waals surface area contributed by atoms with Gasteiger partial charge in [-0.25, -0.2) is 4.98 Å². The van der Waals surface area contributed by atoms with Gasteiger partial charge in [0, 0.05) is 11.8 Å². The van der Waals surface area contributed by atoms with Crippen LogP contribution in [0.3, 0.4) is 0 Å². The Balaban J connectivity index is 2.83. The van der Waals surface area contributed by atoms with Crippen LogP contribution in [0.4, 0.5) is 0 Å². The Hall–Kier alpha value is -0.830. The summed E-state index contributed by atoms with van der Waals surface area (Å²) in [4.78, 5) is 6.45. The van der Waals surface area contributed by atoms with E-state index in [0.717, 1.165) is 16.3 Å². The van der Waals surface area contributed by atoms with E-state index in [1.54, 1.807) is 11.3 Å². The molecule has 0 unspecified atom stereocenters. The molecule has 0 spiro atoms. The molecule has 0 amide bonds. The second-order valence-electron chi connectivity index (χ2n) is 2.26. The standard InChI is InChI=1S/C7H7NOS/c1-4-3-6-7(10-4)8-5(2)9-6/h3H,1-2H3. The van der Waals surface area contributed by atoms with Gasteiger partial charge in [0.05, 0.1) is 0 Å². The van der Waals surface area contributed by atoms with Gasteiger partial charge < -0.3 is 4.42 Å². The van der Waals surface area contributed by atoms with Crippen LogP contribution in [0, 0.1) is 13.8 Å². The maximum absolute atomic E-state index is 5.29. The molecule has 0 aliphatic heterocycles. The quantitative estimate of drug-likeness (QED) is 0.581. The minimum atomic E-state index is 0.751. The van der Waals surface area contributed by atoms with Gasteiger partial charge in [-0.05, 0) is 13.0 Å². The van der Waals surface area contributed by atoms with Crippen molar-refractivity contribution < 1.29 is 4.42 Å². The number of oxazole rings is 1. The summed E-state index contributed by atoms with van der Waals surface area (Å²) in [6.07, 6.45) is 0. The van der Waals surface area contributed by atoms with Crippen LogP contribution >= 0.6 is 11.3 Å². The predicted molar refractivity (Wildman–Crippen MR) is 41.4 cm³/mol. The Bertz CT molecular complexity index is 297. The normalized spacial score (nSPS) is 11.0. The van der Waals surface area contributed by atoms with Gasteiger partial charge in [-0.15, -0.1) is 11.3 Å². The summed E-state index contributed by atoms with van der Waals surface area (Å²) >= 11 is 1.67. The summed E-state index contributed by atoms with van der Waals surface area (Å²) in [5.74, 6) is 0.751. The number of nitrogens with zero attached hydrogens (tertiary/aromatic N) is 1. The van der Waals surface area contributed by atoms with Crippen molar-refractivity contribution in [2.75, 3.05) is 0 Å². The van der Waals surface area contributed by atoms with Crippen LogP contribution < -0.4 is 0 Å². The second-order valence-corrected chi connectivity index (χ2v) is 3.49. The number of hydrogen-bond acceptors (Lipinski definition) is 3. The Kier molecular flexibility index (Phi) is 1.08. The molecule has 0 saturated heterocycles. The Labute approximate surface area is 62.5 Å². The van der Waals surface area contributed by atoms with E-state index in [2.05, 4.69) is 11.9 Å². The molecule has 2 aromatic rings. The van der Waals surface area contributed by atoms with Crippen LogP contribution in [-0.2, 0) is 0 Å². The lowest BCUT2D eigenvalue weighted by Crippen LogP contribution is -1.62. The molecule has 0 bridgehead atoms. The van der Waals surface area contributed by atoms with E-state index in [4.69, 9.17) is 4.42 Å². The van der Waals surface area contributed by atoms with Gasteiger partial charge in [-0.1, -0.05) is 0 Å². The first kappa shape index (κ1) is 5.92. The molecule has 0 N–H and O–H groups in total. The zero-order chi connectivity index (χ0) is 7.14. The summed E-state index contributed by atoms with van der Waals surface area (Å²) < 4.78 is 5.29. The third-order valence-corrected chi connectivity index (χ3v) is 2.25. The molecule has 0 aromatic carbocycles. The van der Waals surface area contributed by atoms with Crippen molar-refractivity contribution in [2.24, 2.45) is 0 Å². The lowest BCUT2D eigenvalue weighted by Gasteiger charge is -1.75. The van der Waals surface area contributed by atoms with Crippen LogP contribution in [0.25, 0.3) is 10.4 Å². The van der Waals surface area contributed by atoms with Crippen molar-refractivity contribution in [1.29, 1.82) is 0 Å². The molecule has 2 aromatic heterocycles. The van der Waals surface area contributed by atoms with Crippen LogP contribution in [0.2, 0.25) is 0 Å². The predicted octanol–water partition coefficient (Wildman–Crippen LogP) is 2.51. The van der Waals surface area contributed by atoms with E-state index in [9.17, 15) is 0 Å². The lowest BCUT2D eigenvalue weighted by atomic mass is 10.5. The molecule has 0 fully saturated rings. The number of thiophene rings is 1. The molecule has 0 aliphatic rings. The zero-order valence-electron chi connectivity index (χ0n) is 5.84. The minimum absolute atomic E-state index is 0.751. The van der Waals surface area contributed by atoms with Crippen LogP contribution in [0.1, 0.15) is 10.8 Å². The van der Waals surface area contributed by atoms with Crippen molar-refractivity contribution in [3.8, 4) is 0 Å².